The number of anilines is 1. The normalized spacial score (nSPS) is 11.4. The fourth-order valence-corrected chi connectivity index (χ4v) is 2.71. The summed E-state index contributed by atoms with van der Waals surface area (Å²) in [4.78, 5) is 18.9. The largest absolute Gasteiger partial charge is 0.478 e. The van der Waals surface area contributed by atoms with Crippen molar-refractivity contribution in [1.82, 2.24) is 19.7 Å². The first-order chi connectivity index (χ1) is 11.5. The first kappa shape index (κ1) is 16.2. The van der Waals surface area contributed by atoms with Gasteiger partial charge in [0.15, 0.2) is 5.65 Å². The molecule has 0 bridgehead atoms. The van der Waals surface area contributed by atoms with Crippen LogP contribution < -0.4 is 5.73 Å². The number of rotatable bonds is 4. The van der Waals surface area contributed by atoms with E-state index < -0.39 is 5.97 Å². The number of aromatic nitrogens is 4. The van der Waals surface area contributed by atoms with E-state index in [-0.39, 0.29) is 5.82 Å². The summed E-state index contributed by atoms with van der Waals surface area (Å²) in [5.41, 5.74) is 7.53. The van der Waals surface area contributed by atoms with Crippen LogP contribution in [0, 0.1) is 0 Å². The van der Waals surface area contributed by atoms with Gasteiger partial charge in [-0.3, -0.25) is 0 Å². The number of halogens is 2. The molecule has 0 fully saturated rings. The van der Waals surface area contributed by atoms with E-state index in [1.165, 1.54) is 12.4 Å². The summed E-state index contributed by atoms with van der Waals surface area (Å²) in [6, 6.07) is 5.15. The standard InChI is InChI=1S/C15H11Cl2N5O2/c16-9-2-1-8(10(17)5-9)6-22-15-13(14(18)19-7-20-15)11(21-22)3-4-12(23)24/h1-5,7H,6H2,(H,23,24)(H2,18,19,20)/b4-3+. The number of fused-ring (bicyclic) bond motifs is 1. The molecular formula is C15H11Cl2N5O2. The molecule has 0 saturated carbocycles. The third-order valence-electron chi connectivity index (χ3n) is 3.30. The Balaban J connectivity index is 2.11. The van der Waals surface area contributed by atoms with E-state index in [0.29, 0.717) is 33.3 Å². The van der Waals surface area contributed by atoms with Gasteiger partial charge in [-0.05, 0) is 23.8 Å². The van der Waals surface area contributed by atoms with Crippen molar-refractivity contribution in [3.8, 4) is 0 Å². The van der Waals surface area contributed by atoms with Crippen LogP contribution in [0.2, 0.25) is 10.0 Å². The first-order valence-electron chi connectivity index (χ1n) is 6.77. The van der Waals surface area contributed by atoms with Crippen LogP contribution in [0.3, 0.4) is 0 Å². The van der Waals surface area contributed by atoms with Gasteiger partial charge in [-0.1, -0.05) is 29.3 Å². The van der Waals surface area contributed by atoms with Gasteiger partial charge in [0.05, 0.1) is 17.6 Å². The summed E-state index contributed by atoms with van der Waals surface area (Å²) >= 11 is 12.1. The monoisotopic (exact) mass is 363 g/mol. The Morgan fingerprint density at radius 3 is 2.83 bits per heavy atom. The molecule has 0 atom stereocenters. The molecule has 0 saturated heterocycles. The van der Waals surface area contributed by atoms with Crippen molar-refractivity contribution in [2.75, 3.05) is 5.73 Å². The molecule has 0 unspecified atom stereocenters. The molecule has 0 spiro atoms. The van der Waals surface area contributed by atoms with Crippen LogP contribution in [0.1, 0.15) is 11.3 Å². The van der Waals surface area contributed by atoms with Crippen molar-refractivity contribution >= 4 is 52.1 Å². The van der Waals surface area contributed by atoms with Crippen molar-refractivity contribution in [3.63, 3.8) is 0 Å². The van der Waals surface area contributed by atoms with Crippen LogP contribution in [0.4, 0.5) is 5.82 Å². The van der Waals surface area contributed by atoms with Gasteiger partial charge >= 0.3 is 5.97 Å². The molecule has 0 radical (unpaired) electrons. The lowest BCUT2D eigenvalue weighted by Crippen LogP contribution is -2.04. The van der Waals surface area contributed by atoms with E-state index in [1.807, 2.05) is 0 Å². The summed E-state index contributed by atoms with van der Waals surface area (Å²) in [5, 5.41) is 14.7. The predicted molar refractivity (Wildman–Crippen MR) is 92.0 cm³/mol. The number of hydrogen-bond acceptors (Lipinski definition) is 5. The van der Waals surface area contributed by atoms with Gasteiger partial charge in [-0.25, -0.2) is 19.4 Å². The molecule has 7 nitrogen and oxygen atoms in total. The van der Waals surface area contributed by atoms with Gasteiger partial charge in [0.1, 0.15) is 12.1 Å². The van der Waals surface area contributed by atoms with Crippen molar-refractivity contribution in [2.24, 2.45) is 0 Å². The van der Waals surface area contributed by atoms with Crippen LogP contribution in [0.15, 0.2) is 30.6 Å². The highest BCUT2D eigenvalue weighted by atomic mass is 35.5. The molecule has 2 aromatic heterocycles. The lowest BCUT2D eigenvalue weighted by Gasteiger charge is -2.06. The summed E-state index contributed by atoms with van der Waals surface area (Å²) in [6.07, 6.45) is 3.65. The number of aliphatic carboxylic acids is 1. The number of carboxylic acids is 1. The zero-order valence-electron chi connectivity index (χ0n) is 12.1. The van der Waals surface area contributed by atoms with Crippen LogP contribution in [-0.4, -0.2) is 30.8 Å². The number of hydrogen-bond donors (Lipinski definition) is 2. The van der Waals surface area contributed by atoms with E-state index in [2.05, 4.69) is 15.1 Å². The summed E-state index contributed by atoms with van der Waals surface area (Å²) < 4.78 is 1.59. The van der Waals surface area contributed by atoms with Crippen LogP contribution in [-0.2, 0) is 11.3 Å². The molecule has 9 heteroatoms. The first-order valence-corrected chi connectivity index (χ1v) is 7.53. The molecule has 1 aromatic carbocycles. The van der Waals surface area contributed by atoms with Crippen LogP contribution in [0.25, 0.3) is 17.1 Å². The highest BCUT2D eigenvalue weighted by Crippen LogP contribution is 2.26. The second-order valence-electron chi connectivity index (χ2n) is 4.91. The Bertz CT molecular complexity index is 968. The number of nitrogens with two attached hydrogens (primary N) is 1. The molecule has 3 N–H and O–H groups in total. The number of benzene rings is 1. The highest BCUT2D eigenvalue weighted by Gasteiger charge is 2.15. The molecule has 0 aliphatic heterocycles. The Morgan fingerprint density at radius 2 is 2.12 bits per heavy atom. The summed E-state index contributed by atoms with van der Waals surface area (Å²) in [6.45, 7) is 0.323. The number of carbonyl (C=O) groups is 1. The maximum atomic E-state index is 10.8. The van der Waals surface area contributed by atoms with Gasteiger partial charge in [0.2, 0.25) is 0 Å². The number of carboxylic acid groups (broad SMARTS) is 1. The zero-order chi connectivity index (χ0) is 17.3. The SMILES string of the molecule is Nc1ncnc2c1c(/C=C/C(=O)O)nn2Cc1ccc(Cl)cc1Cl. The molecule has 3 rings (SSSR count). The van der Waals surface area contributed by atoms with E-state index in [9.17, 15) is 4.79 Å². The van der Waals surface area contributed by atoms with E-state index in [0.717, 1.165) is 11.6 Å². The maximum Gasteiger partial charge on any atom is 0.328 e. The molecule has 0 amide bonds. The number of nitrogen functional groups attached to an aromatic ring is 1. The Kier molecular flexibility index (Phi) is 4.37. The molecule has 24 heavy (non-hydrogen) atoms. The maximum absolute atomic E-state index is 10.8. The fourth-order valence-electron chi connectivity index (χ4n) is 2.25. The van der Waals surface area contributed by atoms with Crippen LogP contribution >= 0.6 is 23.2 Å². The third-order valence-corrected chi connectivity index (χ3v) is 3.89. The highest BCUT2D eigenvalue weighted by molar-refractivity contribution is 6.35. The van der Waals surface area contributed by atoms with E-state index >= 15 is 0 Å². The average Bonchev–Trinajstić information content (AvgIpc) is 2.87. The smallest absolute Gasteiger partial charge is 0.328 e. The average molecular weight is 364 g/mol. The Hall–Kier alpha value is -2.64. The fraction of sp³-hybridized carbons (Fsp3) is 0.0667. The lowest BCUT2D eigenvalue weighted by molar-refractivity contribution is -0.131. The predicted octanol–water partition coefficient (Wildman–Crippen LogP) is 2.86. The van der Waals surface area contributed by atoms with Crippen molar-refractivity contribution in [3.05, 3.63) is 51.9 Å². The molecule has 3 aromatic rings. The minimum Gasteiger partial charge on any atom is -0.478 e. The van der Waals surface area contributed by atoms with E-state index in [4.69, 9.17) is 34.0 Å². The van der Waals surface area contributed by atoms with Gasteiger partial charge in [0, 0.05) is 16.1 Å². The van der Waals surface area contributed by atoms with Crippen molar-refractivity contribution in [1.29, 1.82) is 0 Å². The third kappa shape index (κ3) is 3.17. The minimum atomic E-state index is -1.09. The van der Waals surface area contributed by atoms with Crippen LogP contribution in [0.5, 0.6) is 0 Å². The molecule has 2 heterocycles. The Labute approximate surface area is 146 Å². The second-order valence-corrected chi connectivity index (χ2v) is 5.75. The lowest BCUT2D eigenvalue weighted by atomic mass is 10.2. The molecular weight excluding hydrogens is 353 g/mol. The van der Waals surface area contributed by atoms with Gasteiger partial charge in [-0.2, -0.15) is 5.10 Å². The van der Waals surface area contributed by atoms with Gasteiger partial charge < -0.3 is 10.8 Å². The van der Waals surface area contributed by atoms with E-state index in [1.54, 1.807) is 22.9 Å². The summed E-state index contributed by atoms with van der Waals surface area (Å²) in [5.74, 6) is -0.868. The summed E-state index contributed by atoms with van der Waals surface area (Å²) in [7, 11) is 0. The van der Waals surface area contributed by atoms with Gasteiger partial charge in [0.25, 0.3) is 0 Å². The van der Waals surface area contributed by atoms with Gasteiger partial charge in [-0.15, -0.1) is 0 Å². The molecule has 0 aliphatic carbocycles. The molecule has 0 aliphatic rings. The van der Waals surface area contributed by atoms with Crippen molar-refractivity contribution < 1.29 is 9.90 Å². The van der Waals surface area contributed by atoms with Crippen molar-refractivity contribution in [2.45, 2.75) is 6.54 Å². The Morgan fingerprint density at radius 1 is 1.33 bits per heavy atom. The minimum absolute atomic E-state index is 0.221. The topological polar surface area (TPSA) is 107 Å². The second kappa shape index (κ2) is 6.46. The zero-order valence-corrected chi connectivity index (χ0v) is 13.7. The quantitative estimate of drug-likeness (QED) is 0.690. The molecule has 122 valence electrons. The number of nitrogens with zero attached hydrogens (tertiary/aromatic N) is 4.